The Labute approximate surface area is 91.5 Å². The van der Waals surface area contributed by atoms with E-state index in [-0.39, 0.29) is 6.04 Å². The summed E-state index contributed by atoms with van der Waals surface area (Å²) in [6, 6.07) is 2.41. The van der Waals surface area contributed by atoms with E-state index in [1.807, 2.05) is 11.3 Å². The van der Waals surface area contributed by atoms with E-state index in [1.165, 1.54) is 27.1 Å². The molecule has 1 atom stereocenters. The first-order valence-corrected chi connectivity index (χ1v) is 6.15. The molecule has 0 amide bonds. The summed E-state index contributed by atoms with van der Waals surface area (Å²) >= 11 is 5.34. The Morgan fingerprint density at radius 1 is 1.62 bits per heavy atom. The average Bonchev–Trinajstić information content (AvgIpc) is 2.74. The van der Waals surface area contributed by atoms with Crippen LogP contribution in [-0.4, -0.2) is 0 Å². The molecule has 2 rings (SSSR count). The number of aryl methyl sites for hydroxylation is 1. The fraction of sp³-hybridized carbons (Fsp3) is 0.600. The maximum atomic E-state index is 6.21. The summed E-state index contributed by atoms with van der Waals surface area (Å²) in [7, 11) is 0. The van der Waals surface area contributed by atoms with Gasteiger partial charge in [-0.3, -0.25) is 0 Å². The van der Waals surface area contributed by atoms with E-state index in [4.69, 9.17) is 5.73 Å². The summed E-state index contributed by atoms with van der Waals surface area (Å²) in [6.07, 6.45) is 2.56. The Bertz CT molecular complexity index is 308. The molecule has 0 radical (unpaired) electrons. The van der Waals surface area contributed by atoms with Crippen molar-refractivity contribution in [3.63, 3.8) is 0 Å². The molecule has 0 bridgehead atoms. The molecule has 0 saturated heterocycles. The van der Waals surface area contributed by atoms with E-state index in [9.17, 15) is 0 Å². The fourth-order valence-electron chi connectivity index (χ4n) is 1.49. The highest BCUT2D eigenvalue weighted by molar-refractivity contribution is 9.10. The quantitative estimate of drug-likeness (QED) is 0.863. The molecule has 0 aliphatic heterocycles. The molecule has 1 saturated carbocycles. The van der Waals surface area contributed by atoms with Crippen molar-refractivity contribution in [2.24, 2.45) is 11.1 Å². The molecule has 1 aliphatic carbocycles. The highest BCUT2D eigenvalue weighted by Crippen LogP contribution is 2.54. The van der Waals surface area contributed by atoms with Gasteiger partial charge in [-0.05, 0) is 47.2 Å². The van der Waals surface area contributed by atoms with Crippen molar-refractivity contribution in [3.8, 4) is 0 Å². The van der Waals surface area contributed by atoms with Crippen LogP contribution in [0.3, 0.4) is 0 Å². The van der Waals surface area contributed by atoms with Crippen LogP contribution >= 0.6 is 27.3 Å². The van der Waals surface area contributed by atoms with Crippen LogP contribution in [0.4, 0.5) is 0 Å². The normalized spacial score (nSPS) is 21.5. The van der Waals surface area contributed by atoms with Crippen molar-refractivity contribution in [1.82, 2.24) is 0 Å². The van der Waals surface area contributed by atoms with Gasteiger partial charge in [-0.15, -0.1) is 11.3 Å². The number of halogens is 1. The minimum atomic E-state index is 0.238. The van der Waals surface area contributed by atoms with Gasteiger partial charge in [0.15, 0.2) is 0 Å². The first kappa shape index (κ1) is 9.69. The van der Waals surface area contributed by atoms with Crippen molar-refractivity contribution in [1.29, 1.82) is 0 Å². The predicted molar refractivity (Wildman–Crippen MR) is 61.0 cm³/mol. The van der Waals surface area contributed by atoms with E-state index in [1.54, 1.807) is 0 Å². The standard InChI is InChI=1S/C10H14BrNS/c1-6-7(11)5-8(13-6)9(12)10(2)3-4-10/h5,9H,3-4,12H2,1-2H3. The lowest BCUT2D eigenvalue weighted by Crippen LogP contribution is -2.18. The average molecular weight is 260 g/mol. The number of thiophene rings is 1. The van der Waals surface area contributed by atoms with Gasteiger partial charge in [-0.25, -0.2) is 0 Å². The molecular weight excluding hydrogens is 246 g/mol. The monoisotopic (exact) mass is 259 g/mol. The Hall–Kier alpha value is 0.140. The van der Waals surface area contributed by atoms with Crippen LogP contribution in [-0.2, 0) is 0 Å². The van der Waals surface area contributed by atoms with Gasteiger partial charge in [0.05, 0.1) is 0 Å². The maximum absolute atomic E-state index is 6.21. The zero-order valence-electron chi connectivity index (χ0n) is 7.93. The molecule has 1 nitrogen and oxygen atoms in total. The minimum Gasteiger partial charge on any atom is -0.323 e. The second kappa shape index (κ2) is 3.07. The Morgan fingerprint density at radius 3 is 2.62 bits per heavy atom. The maximum Gasteiger partial charge on any atom is 0.0444 e. The van der Waals surface area contributed by atoms with Gasteiger partial charge in [0.1, 0.15) is 0 Å². The second-order valence-electron chi connectivity index (χ2n) is 4.18. The predicted octanol–water partition coefficient (Wildman–Crippen LogP) is 3.62. The molecule has 1 heterocycles. The van der Waals surface area contributed by atoms with Crippen LogP contribution in [0.15, 0.2) is 10.5 Å². The summed E-state index contributed by atoms with van der Waals surface area (Å²) < 4.78 is 1.20. The van der Waals surface area contributed by atoms with E-state index in [0.717, 1.165) is 0 Å². The Balaban J connectivity index is 2.25. The molecule has 3 heteroatoms. The van der Waals surface area contributed by atoms with Gasteiger partial charge in [0.25, 0.3) is 0 Å². The summed E-state index contributed by atoms with van der Waals surface area (Å²) in [5.74, 6) is 0. The van der Waals surface area contributed by atoms with Gasteiger partial charge in [-0.1, -0.05) is 6.92 Å². The van der Waals surface area contributed by atoms with E-state index in [2.05, 4.69) is 35.8 Å². The van der Waals surface area contributed by atoms with E-state index < -0.39 is 0 Å². The highest BCUT2D eigenvalue weighted by atomic mass is 79.9. The van der Waals surface area contributed by atoms with Crippen LogP contribution in [0.2, 0.25) is 0 Å². The third kappa shape index (κ3) is 1.69. The lowest BCUT2D eigenvalue weighted by atomic mass is 9.99. The molecule has 1 fully saturated rings. The van der Waals surface area contributed by atoms with Crippen LogP contribution in [0.5, 0.6) is 0 Å². The first-order chi connectivity index (χ1) is 6.03. The van der Waals surface area contributed by atoms with Crippen LogP contribution in [0.1, 0.15) is 35.6 Å². The third-order valence-electron chi connectivity index (χ3n) is 2.97. The molecule has 0 aromatic carbocycles. The smallest absolute Gasteiger partial charge is 0.0444 e. The second-order valence-corrected chi connectivity index (χ2v) is 6.33. The Kier molecular flexibility index (Phi) is 2.29. The number of hydrogen-bond acceptors (Lipinski definition) is 2. The zero-order chi connectivity index (χ0) is 9.64. The van der Waals surface area contributed by atoms with Gasteiger partial charge in [0.2, 0.25) is 0 Å². The molecular formula is C10H14BrNS. The molecule has 13 heavy (non-hydrogen) atoms. The number of rotatable bonds is 2. The third-order valence-corrected chi connectivity index (χ3v) is 5.19. The highest BCUT2D eigenvalue weighted by Gasteiger charge is 2.44. The lowest BCUT2D eigenvalue weighted by molar-refractivity contribution is 0.457. The van der Waals surface area contributed by atoms with Crippen LogP contribution < -0.4 is 5.73 Å². The van der Waals surface area contributed by atoms with Gasteiger partial charge in [0, 0.05) is 20.3 Å². The summed E-state index contributed by atoms with van der Waals surface area (Å²) in [5, 5.41) is 0. The largest absolute Gasteiger partial charge is 0.323 e. The number of nitrogens with two attached hydrogens (primary N) is 1. The summed E-state index contributed by atoms with van der Waals surface area (Å²) in [4.78, 5) is 2.65. The Morgan fingerprint density at radius 2 is 2.23 bits per heavy atom. The van der Waals surface area contributed by atoms with Crippen LogP contribution in [0, 0.1) is 12.3 Å². The fourth-order valence-corrected chi connectivity index (χ4v) is 3.23. The first-order valence-electron chi connectivity index (χ1n) is 4.54. The molecule has 1 aromatic heterocycles. The SMILES string of the molecule is Cc1sc(C(N)C2(C)CC2)cc1Br. The minimum absolute atomic E-state index is 0.238. The molecule has 1 aliphatic rings. The lowest BCUT2D eigenvalue weighted by Gasteiger charge is -2.16. The zero-order valence-corrected chi connectivity index (χ0v) is 10.3. The summed E-state index contributed by atoms with van der Waals surface area (Å²) in [5.41, 5.74) is 6.59. The van der Waals surface area contributed by atoms with Gasteiger partial charge in [-0.2, -0.15) is 0 Å². The molecule has 1 aromatic rings. The van der Waals surface area contributed by atoms with E-state index >= 15 is 0 Å². The molecule has 72 valence electrons. The van der Waals surface area contributed by atoms with Crippen molar-refractivity contribution in [2.75, 3.05) is 0 Å². The topological polar surface area (TPSA) is 26.0 Å². The van der Waals surface area contributed by atoms with Gasteiger partial charge >= 0.3 is 0 Å². The van der Waals surface area contributed by atoms with Gasteiger partial charge < -0.3 is 5.73 Å². The van der Waals surface area contributed by atoms with E-state index in [0.29, 0.717) is 5.41 Å². The molecule has 1 unspecified atom stereocenters. The number of hydrogen-bond donors (Lipinski definition) is 1. The van der Waals surface area contributed by atoms with Crippen LogP contribution in [0.25, 0.3) is 0 Å². The van der Waals surface area contributed by atoms with Crippen molar-refractivity contribution < 1.29 is 0 Å². The van der Waals surface area contributed by atoms with Crippen molar-refractivity contribution in [2.45, 2.75) is 32.7 Å². The molecule has 0 spiro atoms. The molecule has 2 N–H and O–H groups in total. The summed E-state index contributed by atoms with van der Waals surface area (Å²) in [6.45, 7) is 4.40. The van der Waals surface area contributed by atoms with Crippen molar-refractivity contribution >= 4 is 27.3 Å². The van der Waals surface area contributed by atoms with Crippen molar-refractivity contribution in [3.05, 3.63) is 20.3 Å².